The number of non-ortho nitro benzene ring substituents is 1. The SMILES string of the molecule is O=C(Nc1ccc([N+](=O)[O-])cc1)[C@@H]1[C@@H]2C(=O)N(c3cccc(F)c3)C(=O)[C@H]2[C@@H]2C=Cc3ccccc3N12. The Hall–Kier alpha value is -4.86. The summed E-state index contributed by atoms with van der Waals surface area (Å²) in [6, 6.07) is 16.4. The largest absolute Gasteiger partial charge is 0.351 e. The van der Waals surface area contributed by atoms with Gasteiger partial charge in [0.05, 0.1) is 28.5 Å². The molecule has 0 saturated carbocycles. The molecule has 4 atom stereocenters. The van der Waals surface area contributed by atoms with Crippen molar-refractivity contribution >= 4 is 46.5 Å². The van der Waals surface area contributed by atoms with Gasteiger partial charge in [-0.3, -0.25) is 24.5 Å². The number of halogens is 1. The molecule has 3 heterocycles. The fraction of sp³-hybridized carbons (Fsp3) is 0.148. The molecule has 3 aliphatic rings. The summed E-state index contributed by atoms with van der Waals surface area (Å²) in [4.78, 5) is 54.3. The summed E-state index contributed by atoms with van der Waals surface area (Å²) in [7, 11) is 0. The van der Waals surface area contributed by atoms with Crippen molar-refractivity contribution < 1.29 is 23.7 Å². The number of amides is 3. The van der Waals surface area contributed by atoms with E-state index in [-0.39, 0.29) is 11.4 Å². The Morgan fingerprint density at radius 1 is 0.946 bits per heavy atom. The maximum Gasteiger partial charge on any atom is 0.269 e. The van der Waals surface area contributed by atoms with Gasteiger partial charge in [0.1, 0.15) is 11.9 Å². The zero-order chi connectivity index (χ0) is 25.8. The van der Waals surface area contributed by atoms with E-state index < -0.39 is 52.4 Å². The summed E-state index contributed by atoms with van der Waals surface area (Å²) in [6.07, 6.45) is 3.69. The van der Waals surface area contributed by atoms with Gasteiger partial charge in [0.2, 0.25) is 17.7 Å². The first-order valence-corrected chi connectivity index (χ1v) is 11.6. The lowest BCUT2D eigenvalue weighted by Gasteiger charge is -2.36. The normalized spacial score (nSPS) is 23.5. The van der Waals surface area contributed by atoms with Gasteiger partial charge in [-0.25, -0.2) is 9.29 Å². The molecule has 0 radical (unpaired) electrons. The van der Waals surface area contributed by atoms with E-state index in [4.69, 9.17) is 0 Å². The first-order chi connectivity index (χ1) is 17.8. The number of carbonyl (C=O) groups is 3. The number of carbonyl (C=O) groups excluding carboxylic acids is 3. The minimum absolute atomic E-state index is 0.116. The highest BCUT2D eigenvalue weighted by Gasteiger charge is 2.64. The number of fused-ring (bicyclic) bond motifs is 5. The van der Waals surface area contributed by atoms with Crippen LogP contribution >= 0.6 is 0 Å². The van der Waals surface area contributed by atoms with Crippen molar-refractivity contribution in [3.63, 3.8) is 0 Å². The number of nitro benzene ring substituents is 1. The van der Waals surface area contributed by atoms with Gasteiger partial charge in [-0.1, -0.05) is 36.4 Å². The molecule has 3 amide bonds. The van der Waals surface area contributed by atoms with E-state index >= 15 is 0 Å². The molecule has 3 aromatic rings. The van der Waals surface area contributed by atoms with E-state index in [1.807, 2.05) is 36.4 Å². The lowest BCUT2D eigenvalue weighted by Crippen LogP contribution is -2.50. The number of rotatable bonds is 4. The van der Waals surface area contributed by atoms with E-state index in [0.717, 1.165) is 16.5 Å². The highest BCUT2D eigenvalue weighted by molar-refractivity contribution is 6.25. The number of para-hydroxylation sites is 1. The Labute approximate surface area is 209 Å². The average molecular weight is 498 g/mol. The van der Waals surface area contributed by atoms with Gasteiger partial charge in [-0.05, 0) is 42.0 Å². The van der Waals surface area contributed by atoms with Crippen LogP contribution in [0.3, 0.4) is 0 Å². The second-order valence-electron chi connectivity index (χ2n) is 9.10. The summed E-state index contributed by atoms with van der Waals surface area (Å²) in [5.41, 5.74) is 1.86. The molecule has 184 valence electrons. The number of anilines is 3. The molecule has 0 unspecified atom stereocenters. The number of nitrogens with one attached hydrogen (secondary N) is 1. The van der Waals surface area contributed by atoms with Crippen molar-refractivity contribution in [1.82, 2.24) is 0 Å². The standard InChI is InChI=1S/C27H19FN4O5/c28-16-5-3-6-19(14-16)30-26(34)22-21-13-8-15-4-1-2-7-20(15)31(21)24(23(22)27(30)35)25(33)29-17-9-11-18(12-10-17)32(36)37/h1-14,21-24H,(H,29,33)/t21-,22-,23+,24-/m0/s1. The molecule has 10 heteroatoms. The van der Waals surface area contributed by atoms with Crippen LogP contribution in [-0.2, 0) is 14.4 Å². The predicted octanol–water partition coefficient (Wildman–Crippen LogP) is 3.76. The molecular weight excluding hydrogens is 479 g/mol. The van der Waals surface area contributed by atoms with Crippen molar-refractivity contribution in [3.05, 3.63) is 100 Å². The maximum absolute atomic E-state index is 13.9. The third-order valence-electron chi connectivity index (χ3n) is 7.10. The van der Waals surface area contributed by atoms with E-state index in [1.54, 1.807) is 4.90 Å². The van der Waals surface area contributed by atoms with Crippen LogP contribution < -0.4 is 15.1 Å². The van der Waals surface area contributed by atoms with Gasteiger partial charge in [-0.15, -0.1) is 0 Å². The molecule has 2 fully saturated rings. The molecule has 0 aromatic heterocycles. The highest BCUT2D eigenvalue weighted by atomic mass is 19.1. The second kappa shape index (κ2) is 8.37. The fourth-order valence-electron chi connectivity index (χ4n) is 5.57. The molecule has 9 nitrogen and oxygen atoms in total. The molecule has 0 bridgehead atoms. The number of hydrogen-bond donors (Lipinski definition) is 1. The van der Waals surface area contributed by atoms with Crippen LogP contribution in [0, 0.1) is 27.8 Å². The van der Waals surface area contributed by atoms with E-state index in [0.29, 0.717) is 11.4 Å². The van der Waals surface area contributed by atoms with Crippen LogP contribution in [0.5, 0.6) is 0 Å². The summed E-state index contributed by atoms with van der Waals surface area (Å²) in [5.74, 6) is -4.06. The van der Waals surface area contributed by atoms with E-state index in [2.05, 4.69) is 5.32 Å². The lowest BCUT2D eigenvalue weighted by atomic mass is 9.88. The molecule has 6 rings (SSSR count). The monoisotopic (exact) mass is 498 g/mol. The van der Waals surface area contributed by atoms with Crippen molar-refractivity contribution in [3.8, 4) is 0 Å². The molecule has 0 spiro atoms. The van der Waals surface area contributed by atoms with Crippen LogP contribution in [-0.4, -0.2) is 34.7 Å². The molecule has 3 aromatic carbocycles. The minimum Gasteiger partial charge on any atom is -0.351 e. The summed E-state index contributed by atoms with van der Waals surface area (Å²) < 4.78 is 13.9. The predicted molar refractivity (Wildman–Crippen MR) is 133 cm³/mol. The maximum atomic E-state index is 13.9. The third kappa shape index (κ3) is 3.48. The quantitative estimate of drug-likeness (QED) is 0.333. The zero-order valence-electron chi connectivity index (χ0n) is 19.2. The van der Waals surface area contributed by atoms with Crippen molar-refractivity contribution in [2.24, 2.45) is 11.8 Å². The van der Waals surface area contributed by atoms with Gasteiger partial charge < -0.3 is 10.2 Å². The Kier molecular flexibility index (Phi) is 5.11. The van der Waals surface area contributed by atoms with E-state index in [9.17, 15) is 28.9 Å². The number of nitrogens with zero attached hydrogens (tertiary/aromatic N) is 3. The van der Waals surface area contributed by atoms with Crippen LogP contribution in [0.2, 0.25) is 0 Å². The van der Waals surface area contributed by atoms with Gasteiger partial charge in [0, 0.05) is 23.5 Å². The lowest BCUT2D eigenvalue weighted by molar-refractivity contribution is -0.384. The van der Waals surface area contributed by atoms with Crippen molar-refractivity contribution in [1.29, 1.82) is 0 Å². The van der Waals surface area contributed by atoms with E-state index in [1.165, 1.54) is 42.5 Å². The third-order valence-corrected chi connectivity index (χ3v) is 7.10. The Balaban J connectivity index is 1.41. The van der Waals surface area contributed by atoms with Crippen LogP contribution in [0.1, 0.15) is 5.56 Å². The summed E-state index contributed by atoms with van der Waals surface area (Å²) >= 11 is 0. The summed E-state index contributed by atoms with van der Waals surface area (Å²) in [5, 5.41) is 13.7. The first kappa shape index (κ1) is 22.6. The number of nitro groups is 1. The molecule has 37 heavy (non-hydrogen) atoms. The van der Waals surface area contributed by atoms with Crippen LogP contribution in [0.15, 0.2) is 78.9 Å². The summed E-state index contributed by atoms with van der Waals surface area (Å²) in [6.45, 7) is 0. The average Bonchev–Trinajstić information content (AvgIpc) is 3.37. The smallest absolute Gasteiger partial charge is 0.269 e. The highest BCUT2D eigenvalue weighted by Crippen LogP contribution is 2.49. The van der Waals surface area contributed by atoms with Gasteiger partial charge in [-0.2, -0.15) is 0 Å². The Bertz CT molecular complexity index is 1500. The topological polar surface area (TPSA) is 113 Å². The van der Waals surface area contributed by atoms with Crippen LogP contribution in [0.25, 0.3) is 6.08 Å². The molecule has 3 aliphatic heterocycles. The molecular formula is C27H19FN4O5. The second-order valence-corrected chi connectivity index (χ2v) is 9.10. The molecule has 0 aliphatic carbocycles. The zero-order valence-corrected chi connectivity index (χ0v) is 19.2. The van der Waals surface area contributed by atoms with Gasteiger partial charge in [0.25, 0.3) is 5.69 Å². The van der Waals surface area contributed by atoms with Crippen molar-refractivity contribution in [2.75, 3.05) is 15.1 Å². The first-order valence-electron chi connectivity index (χ1n) is 11.6. The van der Waals surface area contributed by atoms with Crippen LogP contribution in [0.4, 0.5) is 27.1 Å². The molecule has 1 N–H and O–H groups in total. The number of benzene rings is 3. The minimum atomic E-state index is -1.05. The molecule has 2 saturated heterocycles. The number of hydrogen-bond acceptors (Lipinski definition) is 6. The van der Waals surface area contributed by atoms with Crippen molar-refractivity contribution in [2.45, 2.75) is 12.1 Å². The fourth-order valence-corrected chi connectivity index (χ4v) is 5.57. The van der Waals surface area contributed by atoms with Gasteiger partial charge in [0.15, 0.2) is 0 Å². The van der Waals surface area contributed by atoms with Gasteiger partial charge >= 0.3 is 0 Å². The Morgan fingerprint density at radius 2 is 1.68 bits per heavy atom. The number of imide groups is 1. The Morgan fingerprint density at radius 3 is 2.41 bits per heavy atom.